The quantitative estimate of drug-likeness (QED) is 0.629. The van der Waals surface area contributed by atoms with Gasteiger partial charge in [0.25, 0.3) is 0 Å². The van der Waals surface area contributed by atoms with Gasteiger partial charge in [-0.3, -0.25) is 4.79 Å². The van der Waals surface area contributed by atoms with Gasteiger partial charge in [-0.05, 0) is 39.9 Å². The van der Waals surface area contributed by atoms with Gasteiger partial charge in [-0.15, -0.1) is 0 Å². The standard InChI is InChI=1S/C11H18N2OS/c1-3-13-9(14)8-11(10(13)15)4-6-12(2)7-5-11/h3-8H2,1-2H3. The van der Waals surface area contributed by atoms with Crippen molar-refractivity contribution in [3.63, 3.8) is 0 Å². The van der Waals surface area contributed by atoms with Crippen LogP contribution in [0.5, 0.6) is 0 Å². The van der Waals surface area contributed by atoms with Gasteiger partial charge in [0.2, 0.25) is 5.91 Å². The topological polar surface area (TPSA) is 23.6 Å². The van der Waals surface area contributed by atoms with Crippen LogP contribution in [0.15, 0.2) is 0 Å². The summed E-state index contributed by atoms with van der Waals surface area (Å²) in [4.78, 5) is 16.8. The first-order chi connectivity index (χ1) is 7.09. The molecule has 0 aromatic carbocycles. The van der Waals surface area contributed by atoms with Crippen LogP contribution >= 0.6 is 12.2 Å². The van der Waals surface area contributed by atoms with E-state index in [2.05, 4.69) is 11.9 Å². The van der Waals surface area contributed by atoms with Gasteiger partial charge in [0.15, 0.2) is 0 Å². The average Bonchev–Trinajstić information content (AvgIpc) is 2.44. The monoisotopic (exact) mass is 226 g/mol. The SMILES string of the molecule is CCN1C(=O)CC2(CCN(C)CC2)C1=S. The van der Waals surface area contributed by atoms with Crippen LogP contribution in [-0.4, -0.2) is 47.4 Å². The Bertz CT molecular complexity index is 295. The van der Waals surface area contributed by atoms with Crippen molar-refractivity contribution in [2.75, 3.05) is 26.7 Å². The van der Waals surface area contributed by atoms with Gasteiger partial charge in [-0.25, -0.2) is 0 Å². The predicted molar refractivity (Wildman–Crippen MR) is 63.8 cm³/mol. The second-order valence-electron chi connectivity index (χ2n) is 4.70. The molecule has 2 fully saturated rings. The van der Waals surface area contributed by atoms with Gasteiger partial charge in [0, 0.05) is 18.4 Å². The van der Waals surface area contributed by atoms with E-state index in [-0.39, 0.29) is 11.3 Å². The summed E-state index contributed by atoms with van der Waals surface area (Å²) in [6.45, 7) is 4.85. The number of carbonyl (C=O) groups excluding carboxylic acids is 1. The zero-order valence-corrected chi connectivity index (χ0v) is 10.3. The lowest BCUT2D eigenvalue weighted by molar-refractivity contribution is -0.126. The maximum Gasteiger partial charge on any atom is 0.228 e. The molecule has 2 aliphatic heterocycles. The van der Waals surface area contributed by atoms with E-state index in [0.29, 0.717) is 6.42 Å². The predicted octanol–water partition coefficient (Wildman–Crippen LogP) is 1.28. The summed E-state index contributed by atoms with van der Waals surface area (Å²) in [5, 5.41) is 0. The average molecular weight is 226 g/mol. The van der Waals surface area contributed by atoms with Crippen LogP contribution in [0.2, 0.25) is 0 Å². The zero-order valence-electron chi connectivity index (χ0n) is 9.45. The molecule has 0 bridgehead atoms. The Labute approximate surface area is 96.4 Å². The highest BCUT2D eigenvalue weighted by Crippen LogP contribution is 2.42. The Kier molecular flexibility index (Phi) is 2.81. The van der Waals surface area contributed by atoms with Gasteiger partial charge in [-0.1, -0.05) is 12.2 Å². The smallest absolute Gasteiger partial charge is 0.228 e. The van der Waals surface area contributed by atoms with Crippen LogP contribution in [0.1, 0.15) is 26.2 Å². The summed E-state index contributed by atoms with van der Waals surface area (Å²) < 4.78 is 0. The first-order valence-corrected chi connectivity index (χ1v) is 6.03. The number of hydrogen-bond acceptors (Lipinski definition) is 3. The summed E-state index contributed by atoms with van der Waals surface area (Å²) in [6, 6.07) is 0. The molecular formula is C11H18N2OS. The van der Waals surface area contributed by atoms with Crippen molar-refractivity contribution in [1.29, 1.82) is 0 Å². The minimum absolute atomic E-state index is 0.0228. The molecule has 4 heteroatoms. The van der Waals surface area contributed by atoms with Gasteiger partial charge in [-0.2, -0.15) is 0 Å². The van der Waals surface area contributed by atoms with Gasteiger partial charge in [0.05, 0.1) is 4.99 Å². The fourth-order valence-electron chi connectivity index (χ4n) is 2.62. The summed E-state index contributed by atoms with van der Waals surface area (Å²) in [5.74, 6) is 0.229. The molecule has 0 saturated carbocycles. The van der Waals surface area contributed by atoms with Crippen LogP contribution in [0.3, 0.4) is 0 Å². The Balaban J connectivity index is 2.17. The normalized spacial score (nSPS) is 26.7. The maximum atomic E-state index is 11.8. The number of amides is 1. The molecule has 3 nitrogen and oxygen atoms in total. The minimum atomic E-state index is 0.0228. The van der Waals surface area contributed by atoms with E-state index in [1.54, 1.807) is 4.90 Å². The van der Waals surface area contributed by atoms with Crippen molar-refractivity contribution < 1.29 is 4.79 Å². The number of likely N-dealkylation sites (tertiary alicyclic amines) is 2. The highest BCUT2D eigenvalue weighted by atomic mass is 32.1. The van der Waals surface area contributed by atoms with Crippen molar-refractivity contribution in [2.24, 2.45) is 5.41 Å². The van der Waals surface area contributed by atoms with Gasteiger partial charge in [0.1, 0.15) is 0 Å². The molecule has 1 spiro atoms. The Morgan fingerprint density at radius 3 is 2.47 bits per heavy atom. The second-order valence-corrected chi connectivity index (χ2v) is 5.09. The van der Waals surface area contributed by atoms with E-state index in [1.165, 1.54) is 0 Å². The van der Waals surface area contributed by atoms with Crippen LogP contribution in [0.25, 0.3) is 0 Å². The van der Waals surface area contributed by atoms with E-state index in [0.717, 1.165) is 37.5 Å². The third-order valence-corrected chi connectivity index (χ3v) is 4.40. The highest BCUT2D eigenvalue weighted by Gasteiger charge is 2.48. The van der Waals surface area contributed by atoms with E-state index < -0.39 is 0 Å². The lowest BCUT2D eigenvalue weighted by Gasteiger charge is -2.37. The number of thiocarbonyl (C=S) groups is 1. The number of piperidine rings is 1. The molecule has 15 heavy (non-hydrogen) atoms. The summed E-state index contributed by atoms with van der Waals surface area (Å²) >= 11 is 5.47. The van der Waals surface area contributed by atoms with Crippen molar-refractivity contribution >= 4 is 23.1 Å². The summed E-state index contributed by atoms with van der Waals surface area (Å²) in [7, 11) is 2.13. The van der Waals surface area contributed by atoms with E-state index in [1.807, 2.05) is 6.92 Å². The number of carbonyl (C=O) groups is 1. The fraction of sp³-hybridized carbons (Fsp3) is 0.818. The van der Waals surface area contributed by atoms with Crippen molar-refractivity contribution in [1.82, 2.24) is 9.80 Å². The van der Waals surface area contributed by atoms with Crippen LogP contribution in [0.4, 0.5) is 0 Å². The number of rotatable bonds is 1. The fourth-order valence-corrected chi connectivity index (χ4v) is 3.12. The van der Waals surface area contributed by atoms with E-state index in [4.69, 9.17) is 12.2 Å². The Morgan fingerprint density at radius 1 is 1.40 bits per heavy atom. The molecule has 84 valence electrons. The molecular weight excluding hydrogens is 208 g/mol. The number of nitrogens with zero attached hydrogens (tertiary/aromatic N) is 2. The van der Waals surface area contributed by atoms with Gasteiger partial charge >= 0.3 is 0 Å². The largest absolute Gasteiger partial charge is 0.306 e. The van der Waals surface area contributed by atoms with E-state index >= 15 is 0 Å². The molecule has 0 N–H and O–H groups in total. The summed E-state index contributed by atoms with van der Waals surface area (Å²) in [6.07, 6.45) is 2.74. The van der Waals surface area contributed by atoms with E-state index in [9.17, 15) is 4.79 Å². The van der Waals surface area contributed by atoms with Crippen molar-refractivity contribution in [2.45, 2.75) is 26.2 Å². The third-order valence-electron chi connectivity index (χ3n) is 3.75. The van der Waals surface area contributed by atoms with Crippen molar-refractivity contribution in [3.05, 3.63) is 0 Å². The molecule has 2 aliphatic rings. The third kappa shape index (κ3) is 1.70. The molecule has 0 unspecified atom stereocenters. The van der Waals surface area contributed by atoms with Crippen LogP contribution in [0, 0.1) is 5.41 Å². The molecule has 0 aromatic heterocycles. The molecule has 0 atom stereocenters. The Morgan fingerprint density at radius 2 is 2.00 bits per heavy atom. The number of hydrogen-bond donors (Lipinski definition) is 0. The van der Waals surface area contributed by atoms with Gasteiger partial charge < -0.3 is 9.80 Å². The van der Waals surface area contributed by atoms with Crippen LogP contribution in [-0.2, 0) is 4.79 Å². The maximum absolute atomic E-state index is 11.8. The molecule has 0 aliphatic carbocycles. The zero-order chi connectivity index (χ0) is 11.1. The molecule has 2 rings (SSSR count). The molecule has 1 amide bonds. The highest BCUT2D eigenvalue weighted by molar-refractivity contribution is 7.80. The molecule has 2 saturated heterocycles. The van der Waals surface area contributed by atoms with Crippen molar-refractivity contribution in [3.8, 4) is 0 Å². The lowest BCUT2D eigenvalue weighted by Crippen LogP contribution is -2.42. The first-order valence-electron chi connectivity index (χ1n) is 5.62. The molecule has 2 heterocycles. The molecule has 0 radical (unpaired) electrons. The molecule has 0 aromatic rings. The minimum Gasteiger partial charge on any atom is -0.306 e. The lowest BCUT2D eigenvalue weighted by atomic mass is 9.77. The Hall–Kier alpha value is -0.480. The second kappa shape index (κ2) is 3.83. The summed E-state index contributed by atoms with van der Waals surface area (Å²) in [5.41, 5.74) is 0.0228. The van der Waals surface area contributed by atoms with Crippen LogP contribution < -0.4 is 0 Å². The first kappa shape index (κ1) is 11.0.